The Kier molecular flexibility index (Phi) is 5.56. The van der Waals surface area contributed by atoms with Gasteiger partial charge in [-0.3, -0.25) is 10.1 Å². The molecule has 1 saturated carbocycles. The van der Waals surface area contributed by atoms with Crippen molar-refractivity contribution in [3.8, 4) is 0 Å². The standard InChI is InChI=1S/C13H19N3O4S.ClH/c1-9-6-11(16(17)18)12(7-10(9)2)21(19,20)15-8-13(14)4-3-5-13;/h6-7,15H,3-5,8,14H2,1-2H3;1H. The number of nitrogens with zero attached hydrogens (tertiary/aromatic N) is 1. The Bertz CT molecular complexity index is 687. The zero-order chi connectivity index (χ0) is 15.8. The SMILES string of the molecule is Cc1cc([N+](=O)[O-])c(S(=O)(=O)NCC2(N)CCC2)cc1C.Cl. The summed E-state index contributed by atoms with van der Waals surface area (Å²) in [6, 6.07) is 2.62. The van der Waals surface area contributed by atoms with Gasteiger partial charge in [0.2, 0.25) is 10.0 Å². The Hall–Kier alpha value is -1.22. The number of hydrogen-bond acceptors (Lipinski definition) is 5. The molecule has 9 heteroatoms. The van der Waals surface area contributed by atoms with Crippen LogP contribution < -0.4 is 10.5 Å². The van der Waals surface area contributed by atoms with Crippen molar-refractivity contribution in [3.63, 3.8) is 0 Å². The monoisotopic (exact) mass is 349 g/mol. The first-order valence-electron chi connectivity index (χ1n) is 6.69. The van der Waals surface area contributed by atoms with Crippen LogP contribution in [0.4, 0.5) is 5.69 Å². The fourth-order valence-corrected chi connectivity index (χ4v) is 3.63. The molecule has 0 radical (unpaired) electrons. The summed E-state index contributed by atoms with van der Waals surface area (Å²) in [6.07, 6.45) is 2.48. The van der Waals surface area contributed by atoms with Gasteiger partial charge < -0.3 is 5.73 Å². The fourth-order valence-electron chi connectivity index (χ4n) is 2.26. The molecule has 0 unspecified atom stereocenters. The lowest BCUT2D eigenvalue weighted by atomic mass is 9.78. The van der Waals surface area contributed by atoms with Gasteiger partial charge in [-0.05, 0) is 50.3 Å². The summed E-state index contributed by atoms with van der Waals surface area (Å²) < 4.78 is 27.1. The maximum Gasteiger partial charge on any atom is 0.289 e. The largest absolute Gasteiger partial charge is 0.324 e. The Morgan fingerprint density at radius 2 is 1.86 bits per heavy atom. The molecular weight excluding hydrogens is 330 g/mol. The van der Waals surface area contributed by atoms with Crippen molar-refractivity contribution < 1.29 is 13.3 Å². The van der Waals surface area contributed by atoms with Gasteiger partial charge in [-0.25, -0.2) is 13.1 Å². The van der Waals surface area contributed by atoms with E-state index in [0.29, 0.717) is 11.1 Å². The van der Waals surface area contributed by atoms with Gasteiger partial charge >= 0.3 is 0 Å². The molecule has 0 aliphatic heterocycles. The van der Waals surface area contributed by atoms with Crippen LogP contribution in [0.2, 0.25) is 0 Å². The van der Waals surface area contributed by atoms with Crippen LogP contribution in [0.5, 0.6) is 0 Å². The predicted octanol–water partition coefficient (Wildman–Crippen LogP) is 1.79. The molecule has 0 bridgehead atoms. The Morgan fingerprint density at radius 3 is 2.32 bits per heavy atom. The lowest BCUT2D eigenvalue weighted by molar-refractivity contribution is -0.387. The maximum atomic E-state index is 12.3. The summed E-state index contributed by atoms with van der Waals surface area (Å²) in [5.41, 5.74) is 6.40. The van der Waals surface area contributed by atoms with E-state index in [1.165, 1.54) is 12.1 Å². The van der Waals surface area contributed by atoms with Crippen LogP contribution in [0.1, 0.15) is 30.4 Å². The average Bonchev–Trinajstić information content (AvgIpc) is 2.36. The molecule has 7 nitrogen and oxygen atoms in total. The second-order valence-corrected chi connectivity index (χ2v) is 7.44. The second kappa shape index (κ2) is 6.49. The molecule has 0 amide bonds. The van der Waals surface area contributed by atoms with Gasteiger partial charge in [0.05, 0.1) is 4.92 Å². The summed E-state index contributed by atoms with van der Waals surface area (Å²) in [4.78, 5) is 10.1. The normalized spacial score (nSPS) is 16.5. The number of nitro benzene ring substituents is 1. The van der Waals surface area contributed by atoms with Crippen molar-refractivity contribution in [1.29, 1.82) is 0 Å². The van der Waals surface area contributed by atoms with Crippen molar-refractivity contribution in [1.82, 2.24) is 4.72 Å². The molecule has 124 valence electrons. The number of sulfonamides is 1. The molecule has 22 heavy (non-hydrogen) atoms. The van der Waals surface area contributed by atoms with Crippen LogP contribution >= 0.6 is 12.4 Å². The number of halogens is 1. The van der Waals surface area contributed by atoms with Crippen molar-refractivity contribution in [2.45, 2.75) is 43.5 Å². The number of nitrogens with one attached hydrogen (secondary N) is 1. The van der Waals surface area contributed by atoms with Gasteiger partial charge in [0.1, 0.15) is 0 Å². The topological polar surface area (TPSA) is 115 Å². The molecule has 0 spiro atoms. The van der Waals surface area contributed by atoms with E-state index in [1.807, 2.05) is 0 Å². The zero-order valence-corrected chi connectivity index (χ0v) is 14.1. The molecule has 0 aromatic heterocycles. The summed E-state index contributed by atoms with van der Waals surface area (Å²) in [5.74, 6) is 0. The molecular formula is C13H20ClN3O4S. The lowest BCUT2D eigenvalue weighted by Crippen LogP contribution is -2.54. The predicted molar refractivity (Wildman–Crippen MR) is 85.8 cm³/mol. The minimum absolute atomic E-state index is 0. The lowest BCUT2D eigenvalue weighted by Gasteiger charge is -2.37. The summed E-state index contributed by atoms with van der Waals surface area (Å²) in [6.45, 7) is 3.52. The number of aryl methyl sites for hydroxylation is 2. The second-order valence-electron chi connectivity index (χ2n) is 5.70. The van der Waals surface area contributed by atoms with Crippen LogP contribution in [0.3, 0.4) is 0 Å². The van der Waals surface area contributed by atoms with Crippen molar-refractivity contribution >= 4 is 28.1 Å². The molecule has 1 fully saturated rings. The molecule has 1 aliphatic carbocycles. The van der Waals surface area contributed by atoms with Gasteiger partial charge in [-0.1, -0.05) is 0 Å². The molecule has 1 aliphatic rings. The summed E-state index contributed by atoms with van der Waals surface area (Å²) in [7, 11) is -3.96. The Balaban J connectivity index is 0.00000242. The highest BCUT2D eigenvalue weighted by Gasteiger charge is 2.35. The zero-order valence-electron chi connectivity index (χ0n) is 12.5. The number of nitrogens with two attached hydrogens (primary N) is 1. The van der Waals surface area contributed by atoms with E-state index < -0.39 is 26.2 Å². The van der Waals surface area contributed by atoms with Crippen molar-refractivity contribution in [2.24, 2.45) is 5.73 Å². The Labute approximate surface area is 135 Å². The molecule has 0 atom stereocenters. The van der Waals surface area contributed by atoms with Crippen LogP contribution in [0.15, 0.2) is 17.0 Å². The first kappa shape index (κ1) is 18.8. The number of benzene rings is 1. The number of nitro groups is 1. The first-order valence-corrected chi connectivity index (χ1v) is 8.17. The van der Waals surface area contributed by atoms with Crippen LogP contribution in [-0.2, 0) is 10.0 Å². The molecule has 0 saturated heterocycles. The van der Waals surface area contributed by atoms with Gasteiger partial charge in [-0.2, -0.15) is 0 Å². The quantitative estimate of drug-likeness (QED) is 0.621. The minimum atomic E-state index is -3.96. The van der Waals surface area contributed by atoms with E-state index in [0.717, 1.165) is 19.3 Å². The smallest absolute Gasteiger partial charge is 0.289 e. The molecule has 1 aromatic carbocycles. The Morgan fingerprint density at radius 1 is 1.32 bits per heavy atom. The average molecular weight is 350 g/mol. The summed E-state index contributed by atoms with van der Waals surface area (Å²) >= 11 is 0. The van der Waals surface area contributed by atoms with Crippen LogP contribution in [0.25, 0.3) is 0 Å². The number of hydrogen-bond donors (Lipinski definition) is 2. The van der Waals surface area contributed by atoms with Gasteiger partial charge in [0.25, 0.3) is 5.69 Å². The van der Waals surface area contributed by atoms with E-state index in [9.17, 15) is 18.5 Å². The van der Waals surface area contributed by atoms with E-state index in [4.69, 9.17) is 5.73 Å². The van der Waals surface area contributed by atoms with E-state index in [-0.39, 0.29) is 23.8 Å². The van der Waals surface area contributed by atoms with Gasteiger partial charge in [0, 0.05) is 18.2 Å². The molecule has 3 N–H and O–H groups in total. The van der Waals surface area contributed by atoms with Gasteiger partial charge in [0.15, 0.2) is 4.90 Å². The third-order valence-electron chi connectivity index (χ3n) is 4.03. The van der Waals surface area contributed by atoms with Crippen molar-refractivity contribution in [2.75, 3.05) is 6.54 Å². The van der Waals surface area contributed by atoms with Gasteiger partial charge in [-0.15, -0.1) is 12.4 Å². The highest BCUT2D eigenvalue weighted by atomic mass is 35.5. The van der Waals surface area contributed by atoms with E-state index in [2.05, 4.69) is 4.72 Å². The van der Waals surface area contributed by atoms with E-state index in [1.54, 1.807) is 13.8 Å². The highest BCUT2D eigenvalue weighted by molar-refractivity contribution is 7.89. The van der Waals surface area contributed by atoms with E-state index >= 15 is 0 Å². The minimum Gasteiger partial charge on any atom is -0.324 e. The number of rotatable bonds is 5. The summed E-state index contributed by atoms with van der Waals surface area (Å²) in [5, 5.41) is 11.1. The van der Waals surface area contributed by atoms with Crippen LogP contribution in [-0.4, -0.2) is 25.4 Å². The highest BCUT2D eigenvalue weighted by Crippen LogP contribution is 2.30. The first-order chi connectivity index (χ1) is 9.65. The molecule has 2 rings (SSSR count). The fraction of sp³-hybridized carbons (Fsp3) is 0.538. The third-order valence-corrected chi connectivity index (χ3v) is 5.46. The third kappa shape index (κ3) is 3.75. The van der Waals surface area contributed by atoms with Crippen molar-refractivity contribution in [3.05, 3.63) is 33.4 Å². The molecule has 1 aromatic rings. The maximum absolute atomic E-state index is 12.3. The molecule has 0 heterocycles. The van der Waals surface area contributed by atoms with Crippen LogP contribution in [0, 0.1) is 24.0 Å².